The lowest BCUT2D eigenvalue weighted by atomic mass is 10.1. The highest BCUT2D eigenvalue weighted by Gasteiger charge is 2.32. The fourth-order valence-corrected chi connectivity index (χ4v) is 3.19. The molecule has 1 aromatic carbocycles. The summed E-state index contributed by atoms with van der Waals surface area (Å²) in [7, 11) is 0. The van der Waals surface area contributed by atoms with Crippen LogP contribution < -0.4 is 20.3 Å². The van der Waals surface area contributed by atoms with E-state index in [1.54, 1.807) is 6.07 Å². The first-order valence-corrected chi connectivity index (χ1v) is 8.02. The van der Waals surface area contributed by atoms with E-state index in [2.05, 4.69) is 15.4 Å². The molecule has 5 nitrogen and oxygen atoms in total. The summed E-state index contributed by atoms with van der Waals surface area (Å²) in [5, 5.41) is 6.20. The summed E-state index contributed by atoms with van der Waals surface area (Å²) in [6.45, 7) is 2.84. The summed E-state index contributed by atoms with van der Waals surface area (Å²) in [5.74, 6) is -0.159. The molecule has 1 amide bonds. The van der Waals surface area contributed by atoms with Gasteiger partial charge in [-0.2, -0.15) is 0 Å². The van der Waals surface area contributed by atoms with Crippen molar-refractivity contribution in [2.45, 2.75) is 25.2 Å². The molecule has 0 bridgehead atoms. The standard InChI is InChI=1S/C16H20F3N3O2.2ClH/c17-16(18,19)24-14-3-1-2-13(8-14)22-7-5-12(10-22)21-15(23)11-4-6-20-9-11;;/h1-3,8,11-12,20H,4-7,9-10H2,(H,21,23);2*1H. The number of rotatable bonds is 4. The van der Waals surface area contributed by atoms with Crippen LogP contribution in [0.5, 0.6) is 5.75 Å². The summed E-state index contributed by atoms with van der Waals surface area (Å²) < 4.78 is 40.9. The monoisotopic (exact) mass is 415 g/mol. The lowest BCUT2D eigenvalue weighted by Gasteiger charge is -2.20. The van der Waals surface area contributed by atoms with Gasteiger partial charge in [0.25, 0.3) is 0 Å². The van der Waals surface area contributed by atoms with Crippen LogP contribution in [0.25, 0.3) is 0 Å². The molecule has 148 valence electrons. The van der Waals surface area contributed by atoms with Crippen LogP contribution in [-0.4, -0.2) is 44.5 Å². The average molecular weight is 416 g/mol. The van der Waals surface area contributed by atoms with Crippen molar-refractivity contribution in [3.05, 3.63) is 24.3 Å². The number of ether oxygens (including phenoxy) is 1. The van der Waals surface area contributed by atoms with Crippen molar-refractivity contribution in [2.75, 3.05) is 31.1 Å². The van der Waals surface area contributed by atoms with Crippen LogP contribution in [-0.2, 0) is 4.79 Å². The van der Waals surface area contributed by atoms with Gasteiger partial charge in [0, 0.05) is 37.4 Å². The van der Waals surface area contributed by atoms with Gasteiger partial charge in [0.2, 0.25) is 5.91 Å². The molecule has 2 aliphatic heterocycles. The summed E-state index contributed by atoms with van der Waals surface area (Å²) in [6, 6.07) is 5.95. The molecule has 2 saturated heterocycles. The van der Waals surface area contributed by atoms with E-state index < -0.39 is 6.36 Å². The first-order chi connectivity index (χ1) is 11.4. The third kappa shape index (κ3) is 6.10. The highest BCUT2D eigenvalue weighted by atomic mass is 35.5. The molecule has 2 unspecified atom stereocenters. The molecule has 26 heavy (non-hydrogen) atoms. The van der Waals surface area contributed by atoms with Crippen LogP contribution in [0.1, 0.15) is 12.8 Å². The van der Waals surface area contributed by atoms with E-state index >= 15 is 0 Å². The molecule has 0 spiro atoms. The number of nitrogens with one attached hydrogen (secondary N) is 2. The number of alkyl halides is 3. The van der Waals surface area contributed by atoms with Gasteiger partial charge < -0.3 is 20.3 Å². The Bertz CT molecular complexity index is 598. The molecule has 0 saturated carbocycles. The molecule has 2 atom stereocenters. The summed E-state index contributed by atoms with van der Waals surface area (Å²) in [5.41, 5.74) is 0.663. The molecular formula is C16H22Cl2F3N3O2. The smallest absolute Gasteiger partial charge is 0.406 e. The van der Waals surface area contributed by atoms with Gasteiger partial charge in [0.15, 0.2) is 0 Å². The number of nitrogens with zero attached hydrogens (tertiary/aromatic N) is 1. The summed E-state index contributed by atoms with van der Waals surface area (Å²) >= 11 is 0. The fraction of sp³-hybridized carbons (Fsp3) is 0.562. The largest absolute Gasteiger partial charge is 0.573 e. The number of amides is 1. The minimum Gasteiger partial charge on any atom is -0.406 e. The van der Waals surface area contributed by atoms with Crippen LogP contribution in [0.2, 0.25) is 0 Å². The van der Waals surface area contributed by atoms with Crippen molar-refractivity contribution in [2.24, 2.45) is 5.92 Å². The molecule has 0 aliphatic carbocycles. The lowest BCUT2D eigenvalue weighted by Crippen LogP contribution is -2.41. The van der Waals surface area contributed by atoms with Gasteiger partial charge >= 0.3 is 6.36 Å². The maximum absolute atomic E-state index is 12.3. The minimum atomic E-state index is -4.70. The lowest BCUT2D eigenvalue weighted by molar-refractivity contribution is -0.274. The summed E-state index contributed by atoms with van der Waals surface area (Å²) in [6.07, 6.45) is -3.08. The van der Waals surface area contributed by atoms with E-state index in [1.165, 1.54) is 18.2 Å². The maximum Gasteiger partial charge on any atom is 0.573 e. The third-order valence-corrected chi connectivity index (χ3v) is 4.38. The van der Waals surface area contributed by atoms with Gasteiger partial charge in [-0.05, 0) is 31.5 Å². The zero-order valence-electron chi connectivity index (χ0n) is 13.9. The van der Waals surface area contributed by atoms with E-state index in [1.807, 2.05) is 4.90 Å². The van der Waals surface area contributed by atoms with Crippen LogP contribution in [0.15, 0.2) is 24.3 Å². The fourth-order valence-electron chi connectivity index (χ4n) is 3.19. The molecule has 2 fully saturated rings. The van der Waals surface area contributed by atoms with Crippen LogP contribution in [0.3, 0.4) is 0 Å². The molecule has 2 heterocycles. The van der Waals surface area contributed by atoms with Gasteiger partial charge in [0.1, 0.15) is 5.75 Å². The average Bonchev–Trinajstić information content (AvgIpc) is 3.17. The Morgan fingerprint density at radius 3 is 2.69 bits per heavy atom. The first-order valence-electron chi connectivity index (χ1n) is 8.02. The Hall–Kier alpha value is -1.38. The second-order valence-corrected chi connectivity index (χ2v) is 6.18. The number of benzene rings is 1. The van der Waals surface area contributed by atoms with Gasteiger partial charge in [-0.15, -0.1) is 38.0 Å². The third-order valence-electron chi connectivity index (χ3n) is 4.38. The Morgan fingerprint density at radius 1 is 1.27 bits per heavy atom. The quantitative estimate of drug-likeness (QED) is 0.793. The van der Waals surface area contributed by atoms with Gasteiger partial charge in [0.05, 0.1) is 5.92 Å². The maximum atomic E-state index is 12.3. The SMILES string of the molecule is Cl.Cl.O=C(NC1CCN(c2cccc(OC(F)(F)F)c2)C1)C1CCNC1. The highest BCUT2D eigenvalue weighted by molar-refractivity contribution is 5.85. The second-order valence-electron chi connectivity index (χ2n) is 6.18. The highest BCUT2D eigenvalue weighted by Crippen LogP contribution is 2.28. The van der Waals surface area contributed by atoms with Crippen molar-refractivity contribution in [1.29, 1.82) is 0 Å². The molecule has 2 N–H and O–H groups in total. The minimum absolute atomic E-state index is 0. The number of hydrogen-bond donors (Lipinski definition) is 2. The molecule has 1 aromatic rings. The van der Waals surface area contributed by atoms with E-state index in [9.17, 15) is 18.0 Å². The first kappa shape index (κ1) is 22.7. The van der Waals surface area contributed by atoms with Gasteiger partial charge in [-0.25, -0.2) is 0 Å². The zero-order valence-corrected chi connectivity index (χ0v) is 15.6. The molecule has 0 aromatic heterocycles. The zero-order chi connectivity index (χ0) is 17.2. The van der Waals surface area contributed by atoms with Crippen molar-refractivity contribution < 1.29 is 22.7 Å². The van der Waals surface area contributed by atoms with E-state index in [0.29, 0.717) is 25.3 Å². The van der Waals surface area contributed by atoms with Crippen molar-refractivity contribution in [3.8, 4) is 5.75 Å². The topological polar surface area (TPSA) is 53.6 Å². The van der Waals surface area contributed by atoms with Crippen molar-refractivity contribution in [3.63, 3.8) is 0 Å². The van der Waals surface area contributed by atoms with Crippen molar-refractivity contribution >= 4 is 36.4 Å². The Balaban J connectivity index is 0.00000169. The van der Waals surface area contributed by atoms with Crippen LogP contribution >= 0.6 is 24.8 Å². The molecule has 2 aliphatic rings. The summed E-state index contributed by atoms with van der Waals surface area (Å²) in [4.78, 5) is 14.1. The van der Waals surface area contributed by atoms with E-state index in [4.69, 9.17) is 0 Å². The molecule has 3 rings (SSSR count). The van der Waals surface area contributed by atoms with Gasteiger partial charge in [-0.3, -0.25) is 4.79 Å². The van der Waals surface area contributed by atoms with Gasteiger partial charge in [-0.1, -0.05) is 6.07 Å². The Morgan fingerprint density at radius 2 is 2.04 bits per heavy atom. The molecule has 0 radical (unpaired) electrons. The van der Waals surface area contributed by atoms with E-state index in [0.717, 1.165) is 19.4 Å². The number of carbonyl (C=O) groups is 1. The predicted octanol–water partition coefficient (Wildman–Crippen LogP) is 2.73. The second kappa shape index (κ2) is 9.53. The number of hydrogen-bond acceptors (Lipinski definition) is 4. The molecular weight excluding hydrogens is 394 g/mol. The number of halogens is 5. The van der Waals surface area contributed by atoms with E-state index in [-0.39, 0.29) is 48.4 Å². The normalized spacial score (nSPS) is 22.3. The number of anilines is 1. The Labute approximate surface area is 162 Å². The Kier molecular flexibility index (Phi) is 8.30. The van der Waals surface area contributed by atoms with Crippen LogP contribution in [0, 0.1) is 5.92 Å². The molecule has 10 heteroatoms. The predicted molar refractivity (Wildman–Crippen MR) is 97.4 cm³/mol. The van der Waals surface area contributed by atoms with Crippen LogP contribution in [0.4, 0.5) is 18.9 Å². The number of carbonyl (C=O) groups excluding carboxylic acids is 1. The van der Waals surface area contributed by atoms with Crippen molar-refractivity contribution in [1.82, 2.24) is 10.6 Å².